The lowest BCUT2D eigenvalue weighted by Crippen LogP contribution is -2.38. The van der Waals surface area contributed by atoms with Gasteiger partial charge in [-0.1, -0.05) is 30.8 Å². The van der Waals surface area contributed by atoms with E-state index in [0.717, 1.165) is 29.9 Å². The van der Waals surface area contributed by atoms with Gasteiger partial charge in [-0.05, 0) is 26.7 Å². The summed E-state index contributed by atoms with van der Waals surface area (Å²) in [6, 6.07) is 0.334. The van der Waals surface area contributed by atoms with Crippen LogP contribution < -0.4 is 5.32 Å². The van der Waals surface area contributed by atoms with E-state index >= 15 is 0 Å². The number of nitrogens with one attached hydrogen (secondary N) is 1. The third kappa shape index (κ3) is 3.62. The zero-order chi connectivity index (χ0) is 17.1. The van der Waals surface area contributed by atoms with Crippen molar-refractivity contribution in [2.45, 2.75) is 71.4 Å². The number of rotatable bonds is 4. The third-order valence-corrected chi connectivity index (χ3v) is 5.42. The Hall–Kier alpha value is -1.85. The molecule has 6 heteroatoms. The van der Waals surface area contributed by atoms with Crippen molar-refractivity contribution in [2.24, 2.45) is 5.92 Å². The Balaban J connectivity index is 1.55. The summed E-state index contributed by atoms with van der Waals surface area (Å²) in [6.45, 7) is 4.68. The van der Waals surface area contributed by atoms with Gasteiger partial charge in [0, 0.05) is 31.1 Å². The summed E-state index contributed by atoms with van der Waals surface area (Å²) in [5.74, 6) is 0.593. The molecule has 2 heterocycles. The van der Waals surface area contributed by atoms with Gasteiger partial charge in [-0.25, -0.2) is 0 Å². The maximum atomic E-state index is 12.5. The number of likely N-dealkylation sites (tertiary alicyclic amines) is 1. The van der Waals surface area contributed by atoms with Crippen molar-refractivity contribution >= 4 is 11.8 Å². The highest BCUT2D eigenvalue weighted by molar-refractivity contribution is 5.89. The largest absolute Gasteiger partial charge is 0.361 e. The number of nitrogens with zero attached hydrogens (tertiary/aromatic N) is 2. The fourth-order valence-electron chi connectivity index (χ4n) is 3.90. The van der Waals surface area contributed by atoms with Crippen molar-refractivity contribution in [3.8, 4) is 0 Å². The molecule has 0 bridgehead atoms. The van der Waals surface area contributed by atoms with Crippen LogP contribution in [0.25, 0.3) is 0 Å². The molecule has 1 saturated heterocycles. The van der Waals surface area contributed by atoms with E-state index in [1.54, 1.807) is 0 Å². The number of hydrogen-bond donors (Lipinski definition) is 1. The molecule has 1 saturated carbocycles. The molecule has 0 radical (unpaired) electrons. The molecule has 1 atom stereocenters. The molecule has 2 fully saturated rings. The molecule has 1 aromatic heterocycles. The molecule has 2 amide bonds. The summed E-state index contributed by atoms with van der Waals surface area (Å²) in [5, 5.41) is 6.84. The monoisotopic (exact) mass is 333 g/mol. The molecule has 1 aliphatic carbocycles. The first-order valence-electron chi connectivity index (χ1n) is 9.05. The zero-order valence-electron chi connectivity index (χ0n) is 14.6. The Morgan fingerprint density at radius 3 is 2.58 bits per heavy atom. The number of amides is 2. The molecule has 1 aliphatic heterocycles. The molecule has 6 nitrogen and oxygen atoms in total. The molecular weight excluding hydrogens is 306 g/mol. The lowest BCUT2D eigenvalue weighted by atomic mass is 10.1. The number of aryl methyl sites for hydroxylation is 2. The minimum absolute atomic E-state index is 0.0422. The molecule has 0 spiro atoms. The van der Waals surface area contributed by atoms with Crippen molar-refractivity contribution in [1.29, 1.82) is 0 Å². The summed E-state index contributed by atoms with van der Waals surface area (Å²) in [6.07, 6.45) is 7.41. The molecule has 24 heavy (non-hydrogen) atoms. The normalized spacial score (nSPS) is 22.7. The van der Waals surface area contributed by atoms with Crippen molar-refractivity contribution in [3.05, 3.63) is 17.0 Å². The van der Waals surface area contributed by atoms with Crippen LogP contribution in [0.1, 0.15) is 62.0 Å². The predicted octanol–water partition coefficient (Wildman–Crippen LogP) is 2.48. The zero-order valence-corrected chi connectivity index (χ0v) is 14.6. The summed E-state index contributed by atoms with van der Waals surface area (Å²) < 4.78 is 5.11. The van der Waals surface area contributed by atoms with Gasteiger partial charge in [0.2, 0.25) is 11.8 Å². The van der Waals surface area contributed by atoms with E-state index in [1.165, 1.54) is 25.7 Å². The molecule has 1 N–H and O–H groups in total. The van der Waals surface area contributed by atoms with E-state index in [4.69, 9.17) is 4.52 Å². The summed E-state index contributed by atoms with van der Waals surface area (Å²) in [5.41, 5.74) is 1.73. The Bertz CT molecular complexity index is 583. The van der Waals surface area contributed by atoms with E-state index in [-0.39, 0.29) is 17.7 Å². The molecule has 3 rings (SSSR count). The highest BCUT2D eigenvalue weighted by Crippen LogP contribution is 2.28. The SMILES string of the molecule is Cc1noc(C)c1CNC(=O)C1CC(=O)N(C2CCCCCC2)C1. The van der Waals surface area contributed by atoms with Crippen LogP contribution in [0.3, 0.4) is 0 Å². The van der Waals surface area contributed by atoms with Crippen LogP contribution in [-0.2, 0) is 16.1 Å². The predicted molar refractivity (Wildman–Crippen MR) is 89.1 cm³/mol. The van der Waals surface area contributed by atoms with Crippen molar-refractivity contribution in [2.75, 3.05) is 6.54 Å². The van der Waals surface area contributed by atoms with Crippen LogP contribution in [0.2, 0.25) is 0 Å². The van der Waals surface area contributed by atoms with Gasteiger partial charge in [-0.15, -0.1) is 0 Å². The third-order valence-electron chi connectivity index (χ3n) is 5.42. The van der Waals surface area contributed by atoms with Crippen LogP contribution in [0.15, 0.2) is 4.52 Å². The van der Waals surface area contributed by atoms with E-state index in [9.17, 15) is 9.59 Å². The topological polar surface area (TPSA) is 75.4 Å². The average Bonchev–Trinajstić information content (AvgIpc) is 2.96. The van der Waals surface area contributed by atoms with E-state index in [0.29, 0.717) is 25.6 Å². The maximum absolute atomic E-state index is 12.5. The van der Waals surface area contributed by atoms with Gasteiger partial charge in [-0.2, -0.15) is 0 Å². The standard InChI is InChI=1S/C18H27N3O3/c1-12-16(13(2)24-20-12)10-19-18(23)14-9-17(22)21(11-14)15-7-5-3-4-6-8-15/h14-15H,3-11H2,1-2H3,(H,19,23). The molecule has 2 aliphatic rings. The number of hydrogen-bond acceptors (Lipinski definition) is 4. The Morgan fingerprint density at radius 2 is 1.96 bits per heavy atom. The van der Waals surface area contributed by atoms with Gasteiger partial charge in [0.05, 0.1) is 11.6 Å². The number of aromatic nitrogens is 1. The second-order valence-electron chi connectivity index (χ2n) is 7.11. The van der Waals surface area contributed by atoms with Gasteiger partial charge < -0.3 is 14.7 Å². The Morgan fingerprint density at radius 1 is 1.25 bits per heavy atom. The van der Waals surface area contributed by atoms with Gasteiger partial charge in [0.1, 0.15) is 5.76 Å². The summed E-state index contributed by atoms with van der Waals surface area (Å²) >= 11 is 0. The lowest BCUT2D eigenvalue weighted by Gasteiger charge is -2.27. The first-order valence-corrected chi connectivity index (χ1v) is 9.05. The second kappa shape index (κ2) is 7.36. The van der Waals surface area contributed by atoms with Crippen LogP contribution in [0, 0.1) is 19.8 Å². The average molecular weight is 333 g/mol. The fraction of sp³-hybridized carbons (Fsp3) is 0.722. The minimum atomic E-state index is -0.235. The molecular formula is C18H27N3O3. The highest BCUT2D eigenvalue weighted by atomic mass is 16.5. The Kier molecular flexibility index (Phi) is 5.21. The van der Waals surface area contributed by atoms with Gasteiger partial charge in [-0.3, -0.25) is 9.59 Å². The highest BCUT2D eigenvalue weighted by Gasteiger charge is 2.37. The van der Waals surface area contributed by atoms with Gasteiger partial charge in [0.25, 0.3) is 0 Å². The van der Waals surface area contributed by atoms with Crippen LogP contribution >= 0.6 is 0 Å². The minimum Gasteiger partial charge on any atom is -0.361 e. The Labute approximate surface area is 142 Å². The first-order chi connectivity index (χ1) is 11.6. The number of carbonyl (C=O) groups is 2. The van der Waals surface area contributed by atoms with Crippen LogP contribution in [0.5, 0.6) is 0 Å². The van der Waals surface area contributed by atoms with Crippen LogP contribution in [-0.4, -0.2) is 34.5 Å². The molecule has 1 unspecified atom stereocenters. The number of carbonyl (C=O) groups excluding carboxylic acids is 2. The maximum Gasteiger partial charge on any atom is 0.225 e. The second-order valence-corrected chi connectivity index (χ2v) is 7.11. The van der Waals surface area contributed by atoms with Gasteiger partial charge >= 0.3 is 0 Å². The fourth-order valence-corrected chi connectivity index (χ4v) is 3.90. The van der Waals surface area contributed by atoms with Gasteiger partial charge in [0.15, 0.2) is 0 Å². The lowest BCUT2D eigenvalue weighted by molar-refractivity contribution is -0.130. The molecule has 1 aromatic rings. The summed E-state index contributed by atoms with van der Waals surface area (Å²) in [7, 11) is 0. The quantitative estimate of drug-likeness (QED) is 0.859. The molecule has 0 aromatic carbocycles. The van der Waals surface area contributed by atoms with Crippen molar-refractivity contribution in [1.82, 2.24) is 15.4 Å². The van der Waals surface area contributed by atoms with Crippen molar-refractivity contribution < 1.29 is 14.1 Å². The first kappa shape index (κ1) is 17.0. The van der Waals surface area contributed by atoms with Crippen LogP contribution in [0.4, 0.5) is 0 Å². The van der Waals surface area contributed by atoms with Crippen molar-refractivity contribution in [3.63, 3.8) is 0 Å². The molecule has 132 valence electrons. The van der Waals surface area contributed by atoms with E-state index in [1.807, 2.05) is 18.7 Å². The van der Waals surface area contributed by atoms with E-state index in [2.05, 4.69) is 10.5 Å². The van der Waals surface area contributed by atoms with E-state index < -0.39 is 0 Å². The summed E-state index contributed by atoms with van der Waals surface area (Å²) in [4.78, 5) is 26.8. The smallest absolute Gasteiger partial charge is 0.225 e.